The second-order valence-corrected chi connectivity index (χ2v) is 6.37. The molecule has 1 amide bonds. The maximum absolute atomic E-state index is 12.3. The zero-order chi connectivity index (χ0) is 15.7. The number of hydrogen-bond acceptors (Lipinski definition) is 3. The molecule has 0 aromatic heterocycles. The second kappa shape index (κ2) is 6.08. The van der Waals surface area contributed by atoms with Crippen LogP contribution in [0.1, 0.15) is 21.5 Å². The first-order valence-electron chi connectivity index (χ1n) is 6.90. The molecule has 2 aromatic carbocycles. The number of amides is 1. The lowest BCUT2D eigenvalue weighted by atomic mass is 9.98. The Balaban J connectivity index is 1.76. The molecule has 2 aromatic rings. The molecule has 0 saturated heterocycles. The van der Waals surface area contributed by atoms with Crippen molar-refractivity contribution in [1.82, 2.24) is 0 Å². The highest BCUT2D eigenvalue weighted by Crippen LogP contribution is 2.22. The van der Waals surface area contributed by atoms with Crippen LogP contribution in [0.2, 0.25) is 0 Å². The van der Waals surface area contributed by atoms with Crippen molar-refractivity contribution in [3.05, 3.63) is 62.7 Å². The van der Waals surface area contributed by atoms with Crippen molar-refractivity contribution in [2.45, 2.75) is 19.4 Å². The van der Waals surface area contributed by atoms with Crippen LogP contribution in [0, 0.1) is 10.5 Å². The Morgan fingerprint density at radius 2 is 2.05 bits per heavy atom. The lowest BCUT2D eigenvalue weighted by molar-refractivity contribution is -0.125. The summed E-state index contributed by atoms with van der Waals surface area (Å²) < 4.78 is 6.32. The molecule has 5 heteroatoms. The normalized spacial score (nSPS) is 16.6. The SMILES string of the molecule is Cc1ccc(NC(=O)[C@@H]2Cc3ccccc3C(=O)O2)cc1I. The van der Waals surface area contributed by atoms with E-state index in [0.29, 0.717) is 17.7 Å². The van der Waals surface area contributed by atoms with Gasteiger partial charge < -0.3 is 10.1 Å². The molecule has 0 bridgehead atoms. The molecule has 22 heavy (non-hydrogen) atoms. The number of esters is 1. The van der Waals surface area contributed by atoms with Crippen LogP contribution in [-0.4, -0.2) is 18.0 Å². The third-order valence-corrected chi connectivity index (χ3v) is 4.79. The molecular weight excluding hydrogens is 393 g/mol. The van der Waals surface area contributed by atoms with Gasteiger partial charge in [-0.1, -0.05) is 24.3 Å². The second-order valence-electron chi connectivity index (χ2n) is 5.21. The zero-order valence-electron chi connectivity index (χ0n) is 11.9. The first kappa shape index (κ1) is 15.0. The van der Waals surface area contributed by atoms with Crippen LogP contribution in [-0.2, 0) is 16.0 Å². The Kier molecular flexibility index (Phi) is 4.15. The maximum Gasteiger partial charge on any atom is 0.339 e. The number of anilines is 1. The minimum absolute atomic E-state index is 0.303. The number of cyclic esters (lactones) is 1. The maximum atomic E-state index is 12.3. The highest BCUT2D eigenvalue weighted by Gasteiger charge is 2.31. The van der Waals surface area contributed by atoms with E-state index in [-0.39, 0.29) is 5.91 Å². The molecule has 0 radical (unpaired) electrons. The Hall–Kier alpha value is -1.89. The van der Waals surface area contributed by atoms with E-state index in [1.165, 1.54) is 0 Å². The van der Waals surface area contributed by atoms with Crippen LogP contribution in [0.5, 0.6) is 0 Å². The smallest absolute Gasteiger partial charge is 0.339 e. The van der Waals surface area contributed by atoms with Crippen LogP contribution in [0.4, 0.5) is 5.69 Å². The van der Waals surface area contributed by atoms with E-state index < -0.39 is 12.1 Å². The zero-order valence-corrected chi connectivity index (χ0v) is 14.1. The van der Waals surface area contributed by atoms with Crippen molar-refractivity contribution in [2.24, 2.45) is 0 Å². The van der Waals surface area contributed by atoms with E-state index in [4.69, 9.17) is 4.74 Å². The number of benzene rings is 2. The van der Waals surface area contributed by atoms with Crippen molar-refractivity contribution in [3.8, 4) is 0 Å². The minimum atomic E-state index is -0.790. The molecule has 0 unspecified atom stereocenters. The summed E-state index contributed by atoms with van der Waals surface area (Å²) in [5.74, 6) is -0.747. The first-order chi connectivity index (χ1) is 10.5. The average Bonchev–Trinajstić information content (AvgIpc) is 2.51. The van der Waals surface area contributed by atoms with E-state index in [9.17, 15) is 9.59 Å². The highest BCUT2D eigenvalue weighted by molar-refractivity contribution is 14.1. The first-order valence-corrected chi connectivity index (χ1v) is 7.98. The van der Waals surface area contributed by atoms with E-state index >= 15 is 0 Å². The number of rotatable bonds is 2. The number of aryl methyl sites for hydroxylation is 1. The predicted octanol–water partition coefficient (Wildman–Crippen LogP) is 3.32. The van der Waals surface area contributed by atoms with Gasteiger partial charge in [-0.25, -0.2) is 4.79 Å². The summed E-state index contributed by atoms with van der Waals surface area (Å²) in [4.78, 5) is 24.3. The van der Waals surface area contributed by atoms with E-state index in [2.05, 4.69) is 27.9 Å². The van der Waals surface area contributed by atoms with Gasteiger partial charge >= 0.3 is 5.97 Å². The van der Waals surface area contributed by atoms with Gasteiger partial charge in [0.2, 0.25) is 0 Å². The quantitative estimate of drug-likeness (QED) is 0.614. The van der Waals surface area contributed by atoms with Gasteiger partial charge in [-0.2, -0.15) is 0 Å². The summed E-state index contributed by atoms with van der Waals surface area (Å²) in [7, 11) is 0. The molecule has 1 N–H and O–H groups in total. The van der Waals surface area contributed by atoms with Crippen LogP contribution < -0.4 is 5.32 Å². The Morgan fingerprint density at radius 3 is 2.82 bits per heavy atom. The van der Waals surface area contributed by atoms with Gasteiger partial charge in [-0.05, 0) is 58.8 Å². The molecule has 112 valence electrons. The van der Waals surface area contributed by atoms with Gasteiger partial charge in [0.05, 0.1) is 5.56 Å². The minimum Gasteiger partial charge on any atom is -0.448 e. The summed E-state index contributed by atoms with van der Waals surface area (Å²) in [5, 5.41) is 2.81. The van der Waals surface area contributed by atoms with Crippen molar-refractivity contribution in [1.29, 1.82) is 0 Å². The lowest BCUT2D eigenvalue weighted by Crippen LogP contribution is -2.37. The summed E-state index contributed by atoms with van der Waals surface area (Å²) in [6, 6.07) is 12.9. The summed E-state index contributed by atoms with van der Waals surface area (Å²) >= 11 is 2.22. The molecule has 3 rings (SSSR count). The Morgan fingerprint density at radius 1 is 1.27 bits per heavy atom. The molecule has 1 aliphatic rings. The summed E-state index contributed by atoms with van der Waals surface area (Å²) in [5.41, 5.74) is 3.24. The van der Waals surface area contributed by atoms with Crippen molar-refractivity contribution >= 4 is 40.2 Å². The predicted molar refractivity (Wildman–Crippen MR) is 91.9 cm³/mol. The number of carbonyl (C=O) groups excluding carboxylic acids is 2. The summed E-state index contributed by atoms with van der Waals surface area (Å²) in [6.45, 7) is 2.01. The third-order valence-electron chi connectivity index (χ3n) is 3.62. The number of hydrogen-bond donors (Lipinski definition) is 1. The van der Waals surface area contributed by atoms with Gasteiger partial charge in [-0.15, -0.1) is 0 Å². The van der Waals surface area contributed by atoms with E-state index in [1.54, 1.807) is 12.1 Å². The molecular formula is C17H14INO3. The van der Waals surface area contributed by atoms with Crippen molar-refractivity contribution in [3.63, 3.8) is 0 Å². The lowest BCUT2D eigenvalue weighted by Gasteiger charge is -2.23. The monoisotopic (exact) mass is 407 g/mol. The molecule has 1 aliphatic heterocycles. The van der Waals surface area contributed by atoms with Crippen molar-refractivity contribution < 1.29 is 14.3 Å². The fraction of sp³-hybridized carbons (Fsp3) is 0.176. The molecule has 4 nitrogen and oxygen atoms in total. The Bertz CT molecular complexity index is 757. The van der Waals surface area contributed by atoms with Gasteiger partial charge in [-0.3, -0.25) is 4.79 Å². The Labute approximate surface area is 142 Å². The van der Waals surface area contributed by atoms with Crippen LogP contribution in [0.3, 0.4) is 0 Å². The fourth-order valence-electron chi connectivity index (χ4n) is 2.37. The van der Waals surface area contributed by atoms with Crippen LogP contribution in [0.25, 0.3) is 0 Å². The molecule has 0 fully saturated rings. The molecule has 0 aliphatic carbocycles. The molecule has 0 saturated carbocycles. The van der Waals surface area contributed by atoms with Gasteiger partial charge in [0.15, 0.2) is 6.10 Å². The average molecular weight is 407 g/mol. The number of halogens is 1. The molecule has 1 atom stereocenters. The highest BCUT2D eigenvalue weighted by atomic mass is 127. The topological polar surface area (TPSA) is 55.4 Å². The van der Waals surface area contributed by atoms with E-state index in [0.717, 1.165) is 14.7 Å². The number of carbonyl (C=O) groups is 2. The summed E-state index contributed by atoms with van der Waals surface area (Å²) in [6.07, 6.45) is -0.391. The third kappa shape index (κ3) is 2.99. The number of ether oxygens (including phenoxy) is 1. The van der Waals surface area contributed by atoms with Crippen molar-refractivity contribution in [2.75, 3.05) is 5.32 Å². The largest absolute Gasteiger partial charge is 0.448 e. The molecule has 1 heterocycles. The van der Waals surface area contributed by atoms with Gasteiger partial charge in [0, 0.05) is 15.7 Å². The fourth-order valence-corrected chi connectivity index (χ4v) is 2.89. The van der Waals surface area contributed by atoms with Gasteiger partial charge in [0.25, 0.3) is 5.91 Å². The number of nitrogens with one attached hydrogen (secondary N) is 1. The standard InChI is InChI=1S/C17H14INO3/c1-10-6-7-12(9-14(10)18)19-16(20)15-8-11-4-2-3-5-13(11)17(21)22-15/h2-7,9,15H,8H2,1H3,(H,19,20)/t15-/m0/s1. The van der Waals surface area contributed by atoms with Crippen LogP contribution in [0.15, 0.2) is 42.5 Å². The van der Waals surface area contributed by atoms with Gasteiger partial charge in [0.1, 0.15) is 0 Å². The molecule has 0 spiro atoms. The van der Waals surface area contributed by atoms with Crippen LogP contribution >= 0.6 is 22.6 Å². The number of fused-ring (bicyclic) bond motifs is 1. The van der Waals surface area contributed by atoms with E-state index in [1.807, 2.05) is 37.3 Å².